The van der Waals surface area contributed by atoms with Gasteiger partial charge in [0.1, 0.15) is 0 Å². The first kappa shape index (κ1) is 16.2. The second-order valence-corrected chi connectivity index (χ2v) is 5.94. The van der Waals surface area contributed by atoms with Crippen LogP contribution in [0.2, 0.25) is 0 Å². The van der Waals surface area contributed by atoms with Crippen LogP contribution in [0.5, 0.6) is 0 Å². The van der Waals surface area contributed by atoms with E-state index in [0.717, 1.165) is 28.5 Å². The van der Waals surface area contributed by atoms with Gasteiger partial charge in [0.2, 0.25) is 0 Å². The molecular formula is C17H11F3N2OS. The van der Waals surface area contributed by atoms with Crippen molar-refractivity contribution in [2.24, 2.45) is 0 Å². The Morgan fingerprint density at radius 1 is 1.04 bits per heavy atom. The number of aryl methyl sites for hydroxylation is 1. The van der Waals surface area contributed by atoms with E-state index in [1.807, 2.05) is 31.2 Å². The molecule has 122 valence electrons. The lowest BCUT2D eigenvalue weighted by atomic mass is 10.1. The van der Waals surface area contributed by atoms with E-state index in [-0.39, 0.29) is 5.13 Å². The Balaban J connectivity index is 1.81. The van der Waals surface area contributed by atoms with Crippen molar-refractivity contribution in [3.8, 4) is 11.3 Å². The Morgan fingerprint density at radius 2 is 1.75 bits per heavy atom. The topological polar surface area (TPSA) is 42.0 Å². The highest BCUT2D eigenvalue weighted by atomic mass is 32.1. The monoisotopic (exact) mass is 348 g/mol. The van der Waals surface area contributed by atoms with Crippen molar-refractivity contribution in [1.29, 1.82) is 0 Å². The van der Waals surface area contributed by atoms with Gasteiger partial charge in [-0.15, -0.1) is 11.3 Å². The van der Waals surface area contributed by atoms with Gasteiger partial charge >= 0.3 is 0 Å². The molecule has 0 radical (unpaired) electrons. The van der Waals surface area contributed by atoms with Gasteiger partial charge in [-0.3, -0.25) is 10.1 Å². The number of benzene rings is 2. The van der Waals surface area contributed by atoms with Crippen LogP contribution in [-0.2, 0) is 0 Å². The molecule has 24 heavy (non-hydrogen) atoms. The van der Waals surface area contributed by atoms with Gasteiger partial charge in [0.15, 0.2) is 22.6 Å². The van der Waals surface area contributed by atoms with Gasteiger partial charge in [-0.1, -0.05) is 29.8 Å². The van der Waals surface area contributed by atoms with Crippen molar-refractivity contribution < 1.29 is 18.0 Å². The summed E-state index contributed by atoms with van der Waals surface area (Å²) in [5.41, 5.74) is 2.05. The normalized spacial score (nSPS) is 10.7. The number of nitrogens with zero attached hydrogens (tertiary/aromatic N) is 1. The van der Waals surface area contributed by atoms with E-state index in [0.29, 0.717) is 11.8 Å². The van der Waals surface area contributed by atoms with Crippen LogP contribution in [0, 0.1) is 24.4 Å². The number of hydrogen-bond acceptors (Lipinski definition) is 3. The molecule has 1 heterocycles. The zero-order chi connectivity index (χ0) is 17.3. The van der Waals surface area contributed by atoms with Crippen LogP contribution in [0.4, 0.5) is 18.3 Å². The number of rotatable bonds is 3. The summed E-state index contributed by atoms with van der Waals surface area (Å²) in [4.78, 5) is 16.3. The summed E-state index contributed by atoms with van der Waals surface area (Å²) in [6, 6.07) is 9.24. The van der Waals surface area contributed by atoms with E-state index in [1.54, 1.807) is 5.38 Å². The molecule has 3 aromatic rings. The van der Waals surface area contributed by atoms with Crippen molar-refractivity contribution in [3.63, 3.8) is 0 Å². The number of carbonyl (C=O) groups excluding carboxylic acids is 1. The summed E-state index contributed by atoms with van der Waals surface area (Å²) in [6.45, 7) is 1.97. The maximum Gasteiger partial charge on any atom is 0.260 e. The van der Waals surface area contributed by atoms with E-state index >= 15 is 0 Å². The van der Waals surface area contributed by atoms with Crippen molar-refractivity contribution >= 4 is 22.4 Å². The van der Waals surface area contributed by atoms with Crippen LogP contribution >= 0.6 is 11.3 Å². The fourth-order valence-corrected chi connectivity index (χ4v) is 2.77. The number of halogens is 3. The molecule has 7 heteroatoms. The molecule has 1 N–H and O–H groups in total. The van der Waals surface area contributed by atoms with Gasteiger partial charge in [0.25, 0.3) is 5.91 Å². The molecule has 0 aliphatic rings. The molecule has 3 nitrogen and oxygen atoms in total. The second-order valence-electron chi connectivity index (χ2n) is 5.08. The van der Waals surface area contributed by atoms with E-state index in [2.05, 4.69) is 10.3 Å². The Labute approximate surface area is 139 Å². The average Bonchev–Trinajstić information content (AvgIpc) is 3.01. The number of aromatic nitrogens is 1. The number of anilines is 1. The predicted molar refractivity (Wildman–Crippen MR) is 86.6 cm³/mol. The standard InChI is InChI=1S/C17H11F3N2OS/c1-9-2-4-10(5-3-9)13-8-24-17(21-13)22-16(23)11-6-7-12(18)15(20)14(11)19/h2-8H,1H3,(H,21,22,23). The largest absolute Gasteiger partial charge is 0.298 e. The molecule has 0 spiro atoms. The van der Waals surface area contributed by atoms with Crippen LogP contribution in [-0.4, -0.2) is 10.9 Å². The van der Waals surface area contributed by atoms with E-state index in [9.17, 15) is 18.0 Å². The van der Waals surface area contributed by atoms with Crippen molar-refractivity contribution in [2.45, 2.75) is 6.92 Å². The Kier molecular flexibility index (Phi) is 4.35. The fraction of sp³-hybridized carbons (Fsp3) is 0.0588. The van der Waals surface area contributed by atoms with Crippen molar-refractivity contribution in [1.82, 2.24) is 4.98 Å². The SMILES string of the molecule is Cc1ccc(-c2csc(NC(=O)c3ccc(F)c(F)c3F)n2)cc1. The van der Waals surface area contributed by atoms with Gasteiger partial charge in [-0.25, -0.2) is 18.2 Å². The smallest absolute Gasteiger partial charge is 0.260 e. The first-order valence-corrected chi connectivity index (χ1v) is 7.81. The van der Waals surface area contributed by atoms with E-state index in [4.69, 9.17) is 0 Å². The lowest BCUT2D eigenvalue weighted by molar-refractivity contribution is 0.102. The summed E-state index contributed by atoms with van der Waals surface area (Å²) in [6.07, 6.45) is 0. The van der Waals surface area contributed by atoms with Gasteiger partial charge in [0.05, 0.1) is 11.3 Å². The molecule has 0 unspecified atom stereocenters. The molecule has 1 aromatic heterocycles. The Hall–Kier alpha value is -2.67. The number of carbonyl (C=O) groups is 1. The maximum atomic E-state index is 13.6. The maximum absolute atomic E-state index is 13.6. The molecule has 0 saturated carbocycles. The zero-order valence-corrected chi connectivity index (χ0v) is 13.3. The number of thiazole rings is 1. The molecule has 0 aliphatic carbocycles. The van der Waals surface area contributed by atoms with Crippen LogP contribution in [0.1, 0.15) is 15.9 Å². The van der Waals surface area contributed by atoms with Crippen LogP contribution in [0.25, 0.3) is 11.3 Å². The minimum atomic E-state index is -1.68. The van der Waals surface area contributed by atoms with Gasteiger partial charge in [0, 0.05) is 10.9 Å². The van der Waals surface area contributed by atoms with Crippen LogP contribution in [0.3, 0.4) is 0 Å². The summed E-state index contributed by atoms with van der Waals surface area (Å²) < 4.78 is 39.7. The summed E-state index contributed by atoms with van der Waals surface area (Å²) in [7, 11) is 0. The molecule has 0 atom stereocenters. The number of nitrogens with one attached hydrogen (secondary N) is 1. The van der Waals surface area contributed by atoms with Crippen LogP contribution < -0.4 is 5.32 Å². The summed E-state index contributed by atoms with van der Waals surface area (Å²) in [5.74, 6) is -5.44. The summed E-state index contributed by atoms with van der Waals surface area (Å²) >= 11 is 1.15. The second kappa shape index (κ2) is 6.45. The third-order valence-corrected chi connectivity index (χ3v) is 4.11. The molecule has 0 aliphatic heterocycles. The Bertz CT molecular complexity index is 907. The molecule has 0 bridgehead atoms. The van der Waals surface area contributed by atoms with Crippen molar-refractivity contribution in [2.75, 3.05) is 5.32 Å². The first-order chi connectivity index (χ1) is 11.5. The predicted octanol–water partition coefficient (Wildman–Crippen LogP) is 4.79. The number of hydrogen-bond donors (Lipinski definition) is 1. The first-order valence-electron chi connectivity index (χ1n) is 6.93. The lowest BCUT2D eigenvalue weighted by Crippen LogP contribution is -2.15. The minimum Gasteiger partial charge on any atom is -0.298 e. The minimum absolute atomic E-state index is 0.236. The molecule has 0 fully saturated rings. The molecule has 2 aromatic carbocycles. The third kappa shape index (κ3) is 3.16. The number of amides is 1. The quantitative estimate of drug-likeness (QED) is 0.692. The molecular weight excluding hydrogens is 337 g/mol. The molecule has 3 rings (SSSR count). The average molecular weight is 348 g/mol. The van der Waals surface area contributed by atoms with Gasteiger partial charge < -0.3 is 0 Å². The lowest BCUT2D eigenvalue weighted by Gasteiger charge is -2.04. The third-order valence-electron chi connectivity index (χ3n) is 3.35. The van der Waals surface area contributed by atoms with Crippen molar-refractivity contribution in [3.05, 3.63) is 70.4 Å². The van der Waals surface area contributed by atoms with Gasteiger partial charge in [-0.2, -0.15) is 0 Å². The molecule has 1 amide bonds. The summed E-state index contributed by atoms with van der Waals surface area (Å²) in [5, 5.41) is 4.36. The van der Waals surface area contributed by atoms with E-state index < -0.39 is 28.9 Å². The highest BCUT2D eigenvalue weighted by Crippen LogP contribution is 2.26. The van der Waals surface area contributed by atoms with Gasteiger partial charge in [-0.05, 0) is 19.1 Å². The fourth-order valence-electron chi connectivity index (χ4n) is 2.05. The van der Waals surface area contributed by atoms with E-state index in [1.165, 1.54) is 0 Å². The Morgan fingerprint density at radius 3 is 2.46 bits per heavy atom. The van der Waals surface area contributed by atoms with Crippen LogP contribution in [0.15, 0.2) is 41.8 Å². The zero-order valence-electron chi connectivity index (χ0n) is 12.4. The molecule has 0 saturated heterocycles. The highest BCUT2D eigenvalue weighted by molar-refractivity contribution is 7.14. The highest BCUT2D eigenvalue weighted by Gasteiger charge is 2.19.